The molecule has 1 aromatic rings. The smallest absolute Gasteiger partial charge is 0.339 e. The monoisotopic (exact) mass is 420 g/mol. The first kappa shape index (κ1) is 23.3. The topological polar surface area (TPSA) is 75.7 Å². The van der Waals surface area contributed by atoms with Crippen molar-refractivity contribution in [2.75, 3.05) is 19.4 Å². The highest BCUT2D eigenvalue weighted by atomic mass is 32.2. The van der Waals surface area contributed by atoms with E-state index in [1.54, 1.807) is 18.2 Å². The summed E-state index contributed by atoms with van der Waals surface area (Å²) in [5.74, 6) is -0.581. The molecule has 0 saturated heterocycles. The van der Waals surface area contributed by atoms with E-state index in [1.165, 1.54) is 31.0 Å². The predicted molar refractivity (Wildman–Crippen MR) is 115 cm³/mol. The van der Waals surface area contributed by atoms with Crippen LogP contribution in [0.15, 0.2) is 29.2 Å². The van der Waals surface area contributed by atoms with E-state index in [-0.39, 0.29) is 29.7 Å². The Hall–Kier alpha value is -2.02. The summed E-state index contributed by atoms with van der Waals surface area (Å²) < 4.78 is 5.17. The highest BCUT2D eigenvalue weighted by molar-refractivity contribution is 8.00. The van der Waals surface area contributed by atoms with E-state index in [4.69, 9.17) is 4.74 Å². The van der Waals surface area contributed by atoms with Crippen molar-refractivity contribution in [1.82, 2.24) is 10.2 Å². The van der Waals surface area contributed by atoms with Crippen LogP contribution in [0.2, 0.25) is 0 Å². The van der Waals surface area contributed by atoms with Crippen LogP contribution in [-0.4, -0.2) is 53.7 Å². The van der Waals surface area contributed by atoms with Crippen molar-refractivity contribution in [2.24, 2.45) is 0 Å². The number of carbonyl (C=O) groups is 3. The normalized spacial score (nSPS) is 14.9. The van der Waals surface area contributed by atoms with Crippen molar-refractivity contribution in [1.29, 1.82) is 0 Å². The molecule has 6 nitrogen and oxygen atoms in total. The first-order valence-corrected chi connectivity index (χ1v) is 11.1. The molecule has 0 bridgehead atoms. The molecule has 0 heterocycles. The number of benzene rings is 1. The molecule has 0 aliphatic heterocycles. The summed E-state index contributed by atoms with van der Waals surface area (Å²) in [5, 5.41) is 2.75. The van der Waals surface area contributed by atoms with E-state index in [0.717, 1.165) is 12.8 Å². The van der Waals surface area contributed by atoms with E-state index < -0.39 is 5.97 Å². The van der Waals surface area contributed by atoms with Gasteiger partial charge in [0.25, 0.3) is 5.91 Å². The minimum Gasteiger partial charge on any atom is -0.452 e. The van der Waals surface area contributed by atoms with Gasteiger partial charge in [0.05, 0.1) is 11.3 Å². The van der Waals surface area contributed by atoms with Crippen LogP contribution in [0.25, 0.3) is 0 Å². The number of nitrogens with one attached hydrogen (secondary N) is 1. The molecular formula is C22H32N2O4S. The molecule has 1 saturated carbocycles. The highest BCUT2D eigenvalue weighted by Crippen LogP contribution is 2.26. The number of carbonyl (C=O) groups excluding carboxylic acids is 3. The summed E-state index contributed by atoms with van der Waals surface area (Å²) >= 11 is 1.33. The second-order valence-corrected chi connectivity index (χ2v) is 9.47. The molecule has 2 rings (SSSR count). The standard InChI is InChI=1S/C22H32N2O4S/c1-22(2,3)23-19(25)14-28-21(27)17-12-8-9-13-18(17)29-15-20(26)24(4)16-10-6-5-7-11-16/h8-9,12-13,16H,5-7,10-11,14-15H2,1-4H3,(H,23,25). The van der Waals surface area contributed by atoms with Crippen LogP contribution < -0.4 is 5.32 Å². The molecule has 7 heteroatoms. The average Bonchev–Trinajstić information content (AvgIpc) is 2.69. The summed E-state index contributed by atoms with van der Waals surface area (Å²) in [6, 6.07) is 7.33. The lowest BCUT2D eigenvalue weighted by atomic mass is 9.94. The number of amides is 2. The maximum atomic E-state index is 12.6. The largest absolute Gasteiger partial charge is 0.452 e. The van der Waals surface area contributed by atoms with Gasteiger partial charge in [0.2, 0.25) is 5.91 Å². The number of hydrogen-bond acceptors (Lipinski definition) is 5. The summed E-state index contributed by atoms with van der Waals surface area (Å²) in [6.45, 7) is 5.25. The van der Waals surface area contributed by atoms with Crippen LogP contribution in [-0.2, 0) is 14.3 Å². The van der Waals surface area contributed by atoms with Crippen molar-refractivity contribution in [3.63, 3.8) is 0 Å². The van der Waals surface area contributed by atoms with Gasteiger partial charge in [0.1, 0.15) is 0 Å². The minimum atomic E-state index is -0.565. The van der Waals surface area contributed by atoms with Crippen molar-refractivity contribution in [2.45, 2.75) is 69.4 Å². The molecule has 0 atom stereocenters. The Labute approximate surface area is 177 Å². The Morgan fingerprint density at radius 3 is 2.45 bits per heavy atom. The maximum absolute atomic E-state index is 12.6. The fourth-order valence-electron chi connectivity index (χ4n) is 3.34. The second-order valence-electron chi connectivity index (χ2n) is 8.46. The average molecular weight is 421 g/mol. The van der Waals surface area contributed by atoms with E-state index in [9.17, 15) is 14.4 Å². The predicted octanol–water partition coefficient (Wildman–Crippen LogP) is 3.64. The fourth-order valence-corrected chi connectivity index (χ4v) is 4.30. The zero-order valence-corrected chi connectivity index (χ0v) is 18.6. The van der Waals surface area contributed by atoms with Crippen molar-refractivity contribution < 1.29 is 19.1 Å². The van der Waals surface area contributed by atoms with Crippen molar-refractivity contribution >= 4 is 29.5 Å². The van der Waals surface area contributed by atoms with Gasteiger partial charge in [0.15, 0.2) is 6.61 Å². The van der Waals surface area contributed by atoms with Crippen LogP contribution >= 0.6 is 11.8 Å². The summed E-state index contributed by atoms with van der Waals surface area (Å²) in [6.07, 6.45) is 5.72. The number of hydrogen-bond donors (Lipinski definition) is 1. The van der Waals surface area contributed by atoms with E-state index in [1.807, 2.05) is 38.8 Å². The van der Waals surface area contributed by atoms with Gasteiger partial charge in [-0.3, -0.25) is 9.59 Å². The molecule has 0 unspecified atom stereocenters. The van der Waals surface area contributed by atoms with Crippen LogP contribution in [0.1, 0.15) is 63.2 Å². The summed E-state index contributed by atoms with van der Waals surface area (Å²) in [7, 11) is 1.87. The van der Waals surface area contributed by atoms with E-state index in [0.29, 0.717) is 16.5 Å². The Balaban J connectivity index is 1.91. The zero-order valence-electron chi connectivity index (χ0n) is 17.8. The number of nitrogens with zero attached hydrogens (tertiary/aromatic N) is 1. The highest BCUT2D eigenvalue weighted by Gasteiger charge is 2.23. The molecule has 2 amide bonds. The SMILES string of the molecule is CN(C(=O)CSc1ccccc1C(=O)OCC(=O)NC(C)(C)C)C1CCCCC1. The quantitative estimate of drug-likeness (QED) is 0.538. The minimum absolute atomic E-state index is 0.0645. The molecule has 1 aromatic carbocycles. The zero-order chi connectivity index (χ0) is 21.4. The molecular weight excluding hydrogens is 388 g/mol. The van der Waals surface area contributed by atoms with Crippen LogP contribution in [0.4, 0.5) is 0 Å². The van der Waals surface area contributed by atoms with Gasteiger partial charge < -0.3 is 15.0 Å². The van der Waals surface area contributed by atoms with E-state index >= 15 is 0 Å². The fraction of sp³-hybridized carbons (Fsp3) is 0.591. The molecule has 1 fully saturated rings. The van der Waals surface area contributed by atoms with Gasteiger partial charge in [-0.05, 0) is 45.7 Å². The third-order valence-electron chi connectivity index (χ3n) is 4.82. The van der Waals surface area contributed by atoms with E-state index in [2.05, 4.69) is 5.32 Å². The third kappa shape index (κ3) is 7.72. The molecule has 1 aliphatic carbocycles. The number of esters is 1. The maximum Gasteiger partial charge on any atom is 0.339 e. The van der Waals surface area contributed by atoms with Gasteiger partial charge in [0, 0.05) is 23.5 Å². The molecule has 160 valence electrons. The lowest BCUT2D eigenvalue weighted by Gasteiger charge is -2.31. The van der Waals surface area contributed by atoms with Crippen molar-refractivity contribution in [3.8, 4) is 0 Å². The van der Waals surface area contributed by atoms with Crippen molar-refractivity contribution in [3.05, 3.63) is 29.8 Å². The number of thioether (sulfide) groups is 1. The third-order valence-corrected chi connectivity index (χ3v) is 5.88. The van der Waals surface area contributed by atoms with Gasteiger partial charge in [-0.2, -0.15) is 0 Å². The number of rotatable bonds is 7. The second kappa shape index (κ2) is 10.7. The summed E-state index contributed by atoms with van der Waals surface area (Å²) in [5.41, 5.74) is -0.0173. The molecule has 1 aliphatic rings. The lowest BCUT2D eigenvalue weighted by molar-refractivity contribution is -0.129. The number of ether oxygens (including phenoxy) is 1. The lowest BCUT2D eigenvalue weighted by Crippen LogP contribution is -2.42. The van der Waals surface area contributed by atoms with Crippen LogP contribution in [0.5, 0.6) is 0 Å². The van der Waals surface area contributed by atoms with Crippen LogP contribution in [0, 0.1) is 0 Å². The molecule has 1 N–H and O–H groups in total. The van der Waals surface area contributed by atoms with Gasteiger partial charge >= 0.3 is 5.97 Å². The Morgan fingerprint density at radius 1 is 1.14 bits per heavy atom. The Kier molecular flexibility index (Phi) is 8.56. The first-order chi connectivity index (χ1) is 13.7. The van der Waals surface area contributed by atoms with Gasteiger partial charge in [-0.1, -0.05) is 31.4 Å². The molecule has 0 aromatic heterocycles. The Bertz CT molecular complexity index is 724. The first-order valence-electron chi connectivity index (χ1n) is 10.1. The molecule has 0 radical (unpaired) electrons. The molecule has 0 spiro atoms. The Morgan fingerprint density at radius 2 is 1.79 bits per heavy atom. The molecule has 29 heavy (non-hydrogen) atoms. The van der Waals surface area contributed by atoms with Gasteiger partial charge in [-0.25, -0.2) is 4.79 Å². The summed E-state index contributed by atoms with van der Waals surface area (Å²) in [4.78, 5) is 39.4. The van der Waals surface area contributed by atoms with Gasteiger partial charge in [-0.15, -0.1) is 11.8 Å². The van der Waals surface area contributed by atoms with Crippen LogP contribution in [0.3, 0.4) is 0 Å².